The van der Waals surface area contributed by atoms with Gasteiger partial charge < -0.3 is 31.6 Å². The van der Waals surface area contributed by atoms with Crippen LogP contribution < -0.4 is 31.6 Å². The van der Waals surface area contributed by atoms with Crippen LogP contribution in [0.4, 0.5) is 17.5 Å². The Balaban J connectivity index is 0.00000289. The molecule has 0 bridgehead atoms. The summed E-state index contributed by atoms with van der Waals surface area (Å²) in [7, 11) is 3.13. The van der Waals surface area contributed by atoms with Gasteiger partial charge in [0.05, 0.1) is 14.2 Å². The maximum Gasteiger partial charge on any atom is 0.256 e. The number of amides is 1. The topological polar surface area (TPSA) is 142 Å². The predicted molar refractivity (Wildman–Crippen MR) is 125 cm³/mol. The Bertz CT molecular complexity index is 1080. The van der Waals surface area contributed by atoms with Gasteiger partial charge in [-0.2, -0.15) is 4.98 Å². The highest BCUT2D eigenvalue weighted by atomic mass is 35.5. The molecular weight excluding hydrogens is 434 g/mol. The summed E-state index contributed by atoms with van der Waals surface area (Å²) in [6, 6.07) is 5.41. The number of halogens is 1. The first-order chi connectivity index (χ1) is 15.0. The van der Waals surface area contributed by atoms with E-state index < -0.39 is 5.91 Å². The van der Waals surface area contributed by atoms with Crippen molar-refractivity contribution in [1.29, 1.82) is 0 Å². The maximum absolute atomic E-state index is 12.3. The van der Waals surface area contributed by atoms with Gasteiger partial charge in [0.2, 0.25) is 5.95 Å². The quantitative estimate of drug-likeness (QED) is 0.420. The Labute approximate surface area is 192 Å². The lowest BCUT2D eigenvalue weighted by atomic mass is 9.91. The van der Waals surface area contributed by atoms with Gasteiger partial charge >= 0.3 is 0 Å². The second-order valence-electron chi connectivity index (χ2n) is 7.57. The average molecular weight is 462 g/mol. The van der Waals surface area contributed by atoms with Crippen LogP contribution in [0.1, 0.15) is 36.0 Å². The number of fused-ring (bicyclic) bond motifs is 1. The van der Waals surface area contributed by atoms with Crippen LogP contribution in [0.15, 0.2) is 30.6 Å². The first-order valence-electron chi connectivity index (χ1n) is 10.2. The Morgan fingerprint density at radius 3 is 2.47 bits per heavy atom. The summed E-state index contributed by atoms with van der Waals surface area (Å²) in [5.74, 6) is 1.37. The van der Waals surface area contributed by atoms with Crippen molar-refractivity contribution in [3.05, 3.63) is 36.2 Å². The molecule has 4 rings (SSSR count). The average Bonchev–Trinajstić information content (AvgIpc) is 3.24. The van der Waals surface area contributed by atoms with Gasteiger partial charge in [0, 0.05) is 48.4 Å². The van der Waals surface area contributed by atoms with Crippen LogP contribution in [-0.2, 0) is 0 Å². The van der Waals surface area contributed by atoms with Crippen LogP contribution in [0.3, 0.4) is 0 Å². The summed E-state index contributed by atoms with van der Waals surface area (Å²) in [5.41, 5.74) is 13.2. The highest BCUT2D eigenvalue weighted by Crippen LogP contribution is 2.31. The minimum Gasteiger partial charge on any atom is -0.497 e. The van der Waals surface area contributed by atoms with Gasteiger partial charge in [-0.25, -0.2) is 4.98 Å². The van der Waals surface area contributed by atoms with Crippen molar-refractivity contribution in [3.8, 4) is 11.5 Å². The number of nitrogens with one attached hydrogen (secondary N) is 2. The Morgan fingerprint density at radius 1 is 1.16 bits per heavy atom. The molecule has 10 nitrogen and oxygen atoms in total. The van der Waals surface area contributed by atoms with Crippen molar-refractivity contribution in [2.75, 3.05) is 24.9 Å². The smallest absolute Gasteiger partial charge is 0.256 e. The second kappa shape index (κ2) is 9.92. The van der Waals surface area contributed by atoms with Crippen LogP contribution in [0.25, 0.3) is 5.65 Å². The van der Waals surface area contributed by atoms with E-state index in [0.717, 1.165) is 25.7 Å². The van der Waals surface area contributed by atoms with Gasteiger partial charge in [-0.05, 0) is 12.8 Å². The number of ether oxygens (including phenoxy) is 2. The van der Waals surface area contributed by atoms with Gasteiger partial charge in [-0.3, -0.25) is 9.20 Å². The molecule has 0 saturated heterocycles. The molecule has 0 radical (unpaired) electrons. The van der Waals surface area contributed by atoms with Crippen LogP contribution in [0.2, 0.25) is 0 Å². The third-order valence-electron chi connectivity index (χ3n) is 5.54. The fourth-order valence-corrected chi connectivity index (χ4v) is 3.92. The molecule has 1 aliphatic carbocycles. The molecule has 1 fully saturated rings. The summed E-state index contributed by atoms with van der Waals surface area (Å²) in [4.78, 5) is 21.4. The third kappa shape index (κ3) is 4.66. The lowest BCUT2D eigenvalue weighted by Crippen LogP contribution is -2.43. The molecule has 0 spiro atoms. The largest absolute Gasteiger partial charge is 0.497 e. The van der Waals surface area contributed by atoms with E-state index in [2.05, 4.69) is 15.6 Å². The standard InChI is InChI=1S/C21H27N7O3.ClH/c1-30-13-9-12(10-14(11-13)31-2)25-19-17(18(23)29)20-24-7-8-28(20)21(27-19)26-16-6-4-3-5-15(16)22;/h7-11,15-16,25H,3-6,22H2,1-2H3,(H2,23,29)(H,26,27);1H/t15-,16+;/m0./s1. The molecule has 1 aromatic carbocycles. The fourth-order valence-electron chi connectivity index (χ4n) is 3.92. The van der Waals surface area contributed by atoms with Crippen molar-refractivity contribution in [2.24, 2.45) is 11.5 Å². The van der Waals surface area contributed by atoms with Crippen molar-refractivity contribution in [1.82, 2.24) is 14.4 Å². The number of hydrogen-bond donors (Lipinski definition) is 4. The Hall–Kier alpha value is -3.24. The number of benzene rings is 1. The van der Waals surface area contributed by atoms with E-state index in [0.29, 0.717) is 28.8 Å². The monoisotopic (exact) mass is 461 g/mol. The number of nitrogens with zero attached hydrogens (tertiary/aromatic N) is 3. The zero-order chi connectivity index (χ0) is 22.0. The van der Waals surface area contributed by atoms with E-state index in [-0.39, 0.29) is 35.9 Å². The molecule has 0 aliphatic heterocycles. The molecule has 1 saturated carbocycles. The third-order valence-corrected chi connectivity index (χ3v) is 5.54. The first kappa shape index (κ1) is 23.4. The number of imidazole rings is 1. The molecule has 3 aromatic rings. The van der Waals surface area contributed by atoms with Gasteiger partial charge in [0.15, 0.2) is 11.5 Å². The number of hydrogen-bond acceptors (Lipinski definition) is 8. The molecule has 2 atom stereocenters. The van der Waals surface area contributed by atoms with Crippen LogP contribution in [0, 0.1) is 0 Å². The number of carbonyl (C=O) groups is 1. The Morgan fingerprint density at radius 2 is 1.84 bits per heavy atom. The van der Waals surface area contributed by atoms with E-state index in [4.69, 9.17) is 25.9 Å². The number of methoxy groups -OCH3 is 2. The highest BCUT2D eigenvalue weighted by Gasteiger charge is 2.25. The number of rotatable bonds is 7. The van der Waals surface area contributed by atoms with Crippen molar-refractivity contribution >= 4 is 41.4 Å². The summed E-state index contributed by atoms with van der Waals surface area (Å²) in [6.07, 6.45) is 7.48. The molecular formula is C21H28ClN7O3. The molecule has 2 aromatic heterocycles. The number of aromatic nitrogens is 3. The molecule has 6 N–H and O–H groups in total. The molecule has 1 aliphatic rings. The van der Waals surface area contributed by atoms with Crippen LogP contribution >= 0.6 is 12.4 Å². The van der Waals surface area contributed by atoms with E-state index in [1.807, 2.05) is 0 Å². The number of carbonyl (C=O) groups excluding carboxylic acids is 1. The SMILES string of the molecule is COc1cc(Nc2nc(N[C@@H]3CCCC[C@@H]3N)n3ccnc3c2C(N)=O)cc(OC)c1.Cl. The van der Waals surface area contributed by atoms with Crippen molar-refractivity contribution < 1.29 is 14.3 Å². The van der Waals surface area contributed by atoms with Crippen LogP contribution in [0.5, 0.6) is 11.5 Å². The van der Waals surface area contributed by atoms with Crippen molar-refractivity contribution in [3.63, 3.8) is 0 Å². The molecule has 2 heterocycles. The normalized spacial score (nSPS) is 18.0. The summed E-state index contributed by atoms with van der Waals surface area (Å²) >= 11 is 0. The predicted octanol–water partition coefficient (Wildman–Crippen LogP) is 2.69. The maximum atomic E-state index is 12.3. The number of nitrogens with two attached hydrogens (primary N) is 2. The molecule has 11 heteroatoms. The Kier molecular flexibility index (Phi) is 7.26. The lowest BCUT2D eigenvalue weighted by Gasteiger charge is -2.30. The zero-order valence-electron chi connectivity index (χ0n) is 18.0. The van der Waals surface area contributed by atoms with Gasteiger partial charge in [-0.1, -0.05) is 12.8 Å². The van der Waals surface area contributed by atoms with Gasteiger partial charge in [0.1, 0.15) is 17.1 Å². The summed E-state index contributed by atoms with van der Waals surface area (Å²) in [6.45, 7) is 0. The molecule has 32 heavy (non-hydrogen) atoms. The number of anilines is 3. The van der Waals surface area contributed by atoms with Gasteiger partial charge in [0.25, 0.3) is 5.91 Å². The second-order valence-corrected chi connectivity index (χ2v) is 7.57. The molecule has 0 unspecified atom stereocenters. The molecule has 1 amide bonds. The number of primary amides is 1. The minimum atomic E-state index is -0.637. The fraction of sp³-hybridized carbons (Fsp3) is 0.381. The van der Waals surface area contributed by atoms with Crippen molar-refractivity contribution in [2.45, 2.75) is 37.8 Å². The van der Waals surface area contributed by atoms with E-state index in [1.165, 1.54) is 0 Å². The van der Waals surface area contributed by atoms with Gasteiger partial charge in [-0.15, -0.1) is 12.4 Å². The first-order valence-corrected chi connectivity index (χ1v) is 10.2. The van der Waals surface area contributed by atoms with E-state index in [1.54, 1.807) is 49.2 Å². The lowest BCUT2D eigenvalue weighted by molar-refractivity contribution is 0.100. The zero-order valence-corrected chi connectivity index (χ0v) is 18.8. The highest BCUT2D eigenvalue weighted by molar-refractivity contribution is 6.04. The summed E-state index contributed by atoms with van der Waals surface area (Å²) in [5, 5.41) is 6.62. The van der Waals surface area contributed by atoms with E-state index in [9.17, 15) is 4.79 Å². The van der Waals surface area contributed by atoms with Crippen LogP contribution in [-0.4, -0.2) is 46.6 Å². The summed E-state index contributed by atoms with van der Waals surface area (Å²) < 4.78 is 12.4. The minimum absolute atomic E-state index is 0. The van der Waals surface area contributed by atoms with E-state index >= 15 is 0 Å². The molecule has 172 valence electrons.